The number of aryl methyl sites for hydroxylation is 1. The normalized spacial score (nSPS) is 12.0. The molecule has 0 aromatic carbocycles. The number of rotatable bonds is 8. The number of sulfonamides is 1. The van der Waals surface area contributed by atoms with Crippen molar-refractivity contribution in [2.45, 2.75) is 4.90 Å². The number of methoxy groups -OCH3 is 1. The Labute approximate surface area is 117 Å². The molecule has 0 aliphatic carbocycles. The molecule has 114 valence electrons. The zero-order chi connectivity index (χ0) is 15.3. The number of aromatic nitrogens is 1. The summed E-state index contributed by atoms with van der Waals surface area (Å²) >= 11 is 0. The second-order valence-electron chi connectivity index (χ2n) is 4.16. The zero-order valence-electron chi connectivity index (χ0n) is 11.4. The van der Waals surface area contributed by atoms with Gasteiger partial charge in [-0.25, -0.2) is 8.42 Å². The van der Waals surface area contributed by atoms with Crippen molar-refractivity contribution < 1.29 is 23.1 Å². The van der Waals surface area contributed by atoms with Crippen molar-refractivity contribution in [3.05, 3.63) is 18.0 Å². The van der Waals surface area contributed by atoms with E-state index in [2.05, 4.69) is 0 Å². The van der Waals surface area contributed by atoms with Crippen molar-refractivity contribution in [1.82, 2.24) is 8.87 Å². The van der Waals surface area contributed by atoms with Gasteiger partial charge in [0.05, 0.1) is 13.2 Å². The summed E-state index contributed by atoms with van der Waals surface area (Å²) in [5.74, 6) is -0.709. The molecule has 1 aromatic rings. The van der Waals surface area contributed by atoms with Crippen LogP contribution < -0.4 is 5.73 Å². The van der Waals surface area contributed by atoms with Crippen molar-refractivity contribution in [3.8, 4) is 0 Å². The number of aliphatic hydroxyl groups excluding tert-OH is 1. The third-order valence-corrected chi connectivity index (χ3v) is 4.63. The Hall–Kier alpha value is -1.42. The fraction of sp³-hybridized carbons (Fsp3) is 0.545. The van der Waals surface area contributed by atoms with Gasteiger partial charge in [0.25, 0.3) is 5.91 Å². The summed E-state index contributed by atoms with van der Waals surface area (Å²) in [6.07, 6.45) is 1.31. The highest BCUT2D eigenvalue weighted by Gasteiger charge is 2.26. The molecule has 0 unspecified atom stereocenters. The highest BCUT2D eigenvalue weighted by molar-refractivity contribution is 7.89. The molecule has 0 aliphatic rings. The van der Waals surface area contributed by atoms with E-state index in [1.165, 1.54) is 31.0 Å². The Morgan fingerprint density at radius 2 is 2.15 bits per heavy atom. The number of nitrogens with two attached hydrogens (primary N) is 1. The molecule has 9 heteroatoms. The van der Waals surface area contributed by atoms with Gasteiger partial charge in [-0.3, -0.25) is 4.79 Å². The van der Waals surface area contributed by atoms with Gasteiger partial charge >= 0.3 is 0 Å². The molecular formula is C11H19N3O5S. The molecule has 20 heavy (non-hydrogen) atoms. The molecule has 0 radical (unpaired) electrons. The molecule has 8 nitrogen and oxygen atoms in total. The maximum Gasteiger partial charge on any atom is 0.265 e. The average Bonchev–Trinajstić information content (AvgIpc) is 2.77. The maximum atomic E-state index is 12.4. The first-order chi connectivity index (χ1) is 9.34. The van der Waals surface area contributed by atoms with Gasteiger partial charge in [-0.15, -0.1) is 0 Å². The van der Waals surface area contributed by atoms with Gasteiger partial charge in [-0.05, 0) is 6.07 Å². The first kappa shape index (κ1) is 16.6. The summed E-state index contributed by atoms with van der Waals surface area (Å²) in [5, 5.41) is 8.97. The van der Waals surface area contributed by atoms with E-state index in [9.17, 15) is 13.2 Å². The van der Waals surface area contributed by atoms with Crippen molar-refractivity contribution in [2.75, 3.05) is 33.4 Å². The quantitative estimate of drug-likeness (QED) is 0.623. The molecule has 0 saturated heterocycles. The van der Waals surface area contributed by atoms with Crippen LogP contribution in [0.5, 0.6) is 0 Å². The van der Waals surface area contributed by atoms with Crippen molar-refractivity contribution >= 4 is 15.9 Å². The first-order valence-electron chi connectivity index (χ1n) is 5.90. The van der Waals surface area contributed by atoms with Crippen LogP contribution >= 0.6 is 0 Å². The second kappa shape index (κ2) is 6.84. The monoisotopic (exact) mass is 305 g/mol. The van der Waals surface area contributed by atoms with Gasteiger partial charge in [0.15, 0.2) is 0 Å². The Balaban J connectivity index is 3.12. The summed E-state index contributed by atoms with van der Waals surface area (Å²) in [7, 11) is -0.818. The van der Waals surface area contributed by atoms with Gasteiger partial charge < -0.3 is 20.1 Å². The smallest absolute Gasteiger partial charge is 0.265 e. The highest BCUT2D eigenvalue weighted by atomic mass is 32.2. The molecule has 0 spiro atoms. The van der Waals surface area contributed by atoms with E-state index in [1.54, 1.807) is 0 Å². The lowest BCUT2D eigenvalue weighted by Gasteiger charge is -2.20. The van der Waals surface area contributed by atoms with Crippen molar-refractivity contribution in [2.24, 2.45) is 12.8 Å². The van der Waals surface area contributed by atoms with Gasteiger partial charge in [0, 0.05) is 33.4 Å². The number of hydrogen-bond acceptors (Lipinski definition) is 5. The number of aliphatic hydroxyl groups is 1. The molecule has 0 saturated carbocycles. The lowest BCUT2D eigenvalue weighted by Crippen LogP contribution is -2.36. The van der Waals surface area contributed by atoms with E-state index in [0.717, 1.165) is 4.31 Å². The Kier molecular flexibility index (Phi) is 5.69. The molecular weight excluding hydrogens is 286 g/mol. The molecule has 1 aromatic heterocycles. The second-order valence-corrected chi connectivity index (χ2v) is 6.09. The van der Waals surface area contributed by atoms with Gasteiger partial charge in [0.1, 0.15) is 10.6 Å². The lowest BCUT2D eigenvalue weighted by atomic mass is 10.4. The van der Waals surface area contributed by atoms with Crippen molar-refractivity contribution in [1.29, 1.82) is 0 Å². The van der Waals surface area contributed by atoms with E-state index in [4.69, 9.17) is 15.6 Å². The van der Waals surface area contributed by atoms with Gasteiger partial charge in [-0.1, -0.05) is 0 Å². The fourth-order valence-electron chi connectivity index (χ4n) is 1.73. The molecule has 1 heterocycles. The van der Waals surface area contributed by atoms with Crippen LogP contribution in [-0.2, 0) is 21.8 Å². The van der Waals surface area contributed by atoms with E-state index in [1.807, 2.05) is 0 Å². The number of carbonyl (C=O) groups excluding carboxylic acids is 1. The molecule has 0 aliphatic heterocycles. The third kappa shape index (κ3) is 3.57. The number of nitrogens with zero attached hydrogens (tertiary/aromatic N) is 2. The van der Waals surface area contributed by atoms with Crippen LogP contribution in [0.4, 0.5) is 0 Å². The fourth-order valence-corrected chi connectivity index (χ4v) is 3.21. The number of ether oxygens (including phenoxy) is 1. The molecule has 1 amide bonds. The minimum absolute atomic E-state index is 0.0432. The highest BCUT2D eigenvalue weighted by Crippen LogP contribution is 2.18. The van der Waals surface area contributed by atoms with Crippen LogP contribution in [0.15, 0.2) is 17.2 Å². The summed E-state index contributed by atoms with van der Waals surface area (Å²) in [6.45, 7) is -0.0418. The number of carbonyl (C=O) groups is 1. The van der Waals surface area contributed by atoms with Crippen LogP contribution in [0.3, 0.4) is 0 Å². The molecule has 0 bridgehead atoms. The Morgan fingerprint density at radius 3 is 2.60 bits per heavy atom. The van der Waals surface area contributed by atoms with E-state index >= 15 is 0 Å². The molecule has 1 rings (SSSR count). The minimum atomic E-state index is -3.81. The summed E-state index contributed by atoms with van der Waals surface area (Å²) in [4.78, 5) is 11.1. The predicted molar refractivity (Wildman–Crippen MR) is 71.7 cm³/mol. The zero-order valence-corrected chi connectivity index (χ0v) is 12.3. The van der Waals surface area contributed by atoms with Crippen LogP contribution in [0.1, 0.15) is 10.5 Å². The standard InChI is InChI=1S/C11H19N3O5S/c1-13-8-9(7-10(13)11(12)16)20(17,18)14(3-5-15)4-6-19-2/h7-8,15H,3-6H2,1-2H3,(H2,12,16). The summed E-state index contributed by atoms with van der Waals surface area (Å²) < 4.78 is 32.1. The van der Waals surface area contributed by atoms with Gasteiger partial charge in [0.2, 0.25) is 10.0 Å². The molecule has 0 atom stereocenters. The SMILES string of the molecule is COCCN(CCO)S(=O)(=O)c1cc(C(N)=O)n(C)c1. The topological polar surface area (TPSA) is 115 Å². The lowest BCUT2D eigenvalue weighted by molar-refractivity contribution is 0.0992. The van der Waals surface area contributed by atoms with Crippen molar-refractivity contribution in [3.63, 3.8) is 0 Å². The molecule has 0 fully saturated rings. The van der Waals surface area contributed by atoms with Crippen LogP contribution in [-0.4, -0.2) is 61.7 Å². The number of amides is 1. The Morgan fingerprint density at radius 1 is 1.50 bits per heavy atom. The number of primary amides is 1. The third-order valence-electron chi connectivity index (χ3n) is 2.76. The van der Waals surface area contributed by atoms with Gasteiger partial charge in [-0.2, -0.15) is 4.31 Å². The van der Waals surface area contributed by atoms with Crippen LogP contribution in [0, 0.1) is 0 Å². The summed E-state index contributed by atoms with van der Waals surface area (Å²) in [5.41, 5.74) is 5.25. The van der Waals surface area contributed by atoms with Crippen LogP contribution in [0.25, 0.3) is 0 Å². The Bertz CT molecular complexity index is 567. The predicted octanol–water partition coefficient (Wildman–Crippen LogP) is -1.25. The summed E-state index contributed by atoms with van der Waals surface area (Å²) in [6, 6.07) is 1.22. The number of hydrogen-bond donors (Lipinski definition) is 2. The largest absolute Gasteiger partial charge is 0.395 e. The van der Waals surface area contributed by atoms with Crippen LogP contribution in [0.2, 0.25) is 0 Å². The first-order valence-corrected chi connectivity index (χ1v) is 7.34. The maximum absolute atomic E-state index is 12.4. The minimum Gasteiger partial charge on any atom is -0.395 e. The van der Waals surface area contributed by atoms with E-state index < -0.39 is 15.9 Å². The average molecular weight is 305 g/mol. The molecule has 3 N–H and O–H groups in total. The van der Waals surface area contributed by atoms with E-state index in [0.29, 0.717) is 0 Å². The van der Waals surface area contributed by atoms with E-state index in [-0.39, 0.29) is 36.9 Å².